The highest BCUT2D eigenvalue weighted by molar-refractivity contribution is 7.99. The number of hydrogen-bond donors (Lipinski definition) is 1. The predicted octanol–water partition coefficient (Wildman–Crippen LogP) is 3.52. The van der Waals surface area contributed by atoms with Crippen LogP contribution in [0.25, 0.3) is 0 Å². The van der Waals surface area contributed by atoms with Crippen LogP contribution < -0.4 is 10.5 Å². The first kappa shape index (κ1) is 14.7. The zero-order chi connectivity index (χ0) is 14.8. The molecule has 1 heterocycles. The van der Waals surface area contributed by atoms with Crippen LogP contribution in [0.1, 0.15) is 26.3 Å². The van der Waals surface area contributed by atoms with Crippen LogP contribution >= 0.6 is 11.8 Å². The van der Waals surface area contributed by atoms with Crippen molar-refractivity contribution in [3.05, 3.63) is 35.9 Å². The molecule has 106 valence electrons. The fourth-order valence-corrected chi connectivity index (χ4v) is 2.53. The Labute approximate surface area is 123 Å². The highest BCUT2D eigenvalue weighted by atomic mass is 32.2. The van der Waals surface area contributed by atoms with Gasteiger partial charge in [-0.15, -0.1) is 0 Å². The lowest BCUT2D eigenvalue weighted by atomic mass is 9.87. The Hall–Kier alpha value is -1.75. The third-order valence-corrected chi connectivity index (χ3v) is 3.77. The molecule has 0 atom stereocenters. The van der Waals surface area contributed by atoms with Crippen LogP contribution in [0.15, 0.2) is 40.3 Å². The second-order valence-electron chi connectivity index (χ2n) is 5.48. The summed E-state index contributed by atoms with van der Waals surface area (Å²) in [6.07, 6.45) is 0. The molecule has 0 aliphatic heterocycles. The fourth-order valence-electron chi connectivity index (χ4n) is 1.72. The Kier molecular flexibility index (Phi) is 4.18. The summed E-state index contributed by atoms with van der Waals surface area (Å²) in [5.74, 6) is 0.699. The second-order valence-corrected chi connectivity index (χ2v) is 6.58. The maximum Gasteiger partial charge on any atom is 0.224 e. The van der Waals surface area contributed by atoms with Gasteiger partial charge in [-0.3, -0.25) is 0 Å². The molecule has 5 heteroatoms. The number of nitrogens with two attached hydrogens (primary N) is 1. The Balaban J connectivity index is 2.20. The number of rotatable bonds is 3. The highest BCUT2D eigenvalue weighted by Gasteiger charge is 2.13. The molecule has 0 unspecified atom stereocenters. The summed E-state index contributed by atoms with van der Waals surface area (Å²) in [4.78, 5) is 9.28. The molecule has 1 aromatic carbocycles. The van der Waals surface area contributed by atoms with E-state index in [0.29, 0.717) is 5.88 Å². The van der Waals surface area contributed by atoms with Crippen LogP contribution in [0.3, 0.4) is 0 Å². The Morgan fingerprint density at radius 1 is 1.10 bits per heavy atom. The van der Waals surface area contributed by atoms with Crippen molar-refractivity contribution in [3.63, 3.8) is 0 Å². The largest absolute Gasteiger partial charge is 0.481 e. The smallest absolute Gasteiger partial charge is 0.224 e. The van der Waals surface area contributed by atoms with Crippen molar-refractivity contribution in [2.45, 2.75) is 36.1 Å². The van der Waals surface area contributed by atoms with Crippen molar-refractivity contribution >= 4 is 17.7 Å². The van der Waals surface area contributed by atoms with Gasteiger partial charge in [-0.25, -0.2) is 4.98 Å². The molecular weight excluding hydrogens is 270 g/mol. The molecule has 0 radical (unpaired) electrons. The zero-order valence-corrected chi connectivity index (χ0v) is 13.0. The second kappa shape index (κ2) is 5.71. The lowest BCUT2D eigenvalue weighted by Gasteiger charge is -2.19. The number of hydrogen-bond acceptors (Lipinski definition) is 5. The molecule has 0 fully saturated rings. The van der Waals surface area contributed by atoms with Gasteiger partial charge in [0.2, 0.25) is 11.8 Å². The van der Waals surface area contributed by atoms with Gasteiger partial charge in [0.1, 0.15) is 5.03 Å². The van der Waals surface area contributed by atoms with Crippen LogP contribution in [-0.2, 0) is 5.41 Å². The minimum Gasteiger partial charge on any atom is -0.481 e. The standard InChI is InChI=1S/C15H19N3OS/c1-15(2,3)10-5-7-11(8-6-10)20-13-9-12(19-4)17-14(16)18-13/h5-9H,1-4H3,(H2,16,17,18). The Bertz CT molecular complexity index is 591. The van der Waals surface area contributed by atoms with Gasteiger partial charge < -0.3 is 10.5 Å². The first-order valence-electron chi connectivity index (χ1n) is 6.35. The Morgan fingerprint density at radius 3 is 2.30 bits per heavy atom. The molecule has 4 nitrogen and oxygen atoms in total. The minimum absolute atomic E-state index is 0.158. The Morgan fingerprint density at radius 2 is 1.75 bits per heavy atom. The molecule has 0 saturated carbocycles. The van der Waals surface area contributed by atoms with Crippen molar-refractivity contribution in [2.24, 2.45) is 0 Å². The number of nitrogens with zero attached hydrogens (tertiary/aromatic N) is 2. The van der Waals surface area contributed by atoms with Gasteiger partial charge in [-0.2, -0.15) is 4.98 Å². The number of anilines is 1. The van der Waals surface area contributed by atoms with Gasteiger partial charge in [-0.05, 0) is 23.1 Å². The molecule has 0 aliphatic carbocycles. The van der Waals surface area contributed by atoms with Gasteiger partial charge in [0.25, 0.3) is 0 Å². The first-order valence-corrected chi connectivity index (χ1v) is 7.17. The molecule has 1 aromatic heterocycles. The van der Waals surface area contributed by atoms with Crippen molar-refractivity contribution in [1.82, 2.24) is 9.97 Å². The summed E-state index contributed by atoms with van der Waals surface area (Å²) in [6, 6.07) is 10.2. The van der Waals surface area contributed by atoms with E-state index < -0.39 is 0 Å². The molecule has 2 N–H and O–H groups in total. The van der Waals surface area contributed by atoms with Crippen LogP contribution in [0.4, 0.5) is 5.95 Å². The third kappa shape index (κ3) is 3.63. The van der Waals surface area contributed by atoms with E-state index in [2.05, 4.69) is 55.0 Å². The molecule has 2 rings (SSSR count). The summed E-state index contributed by atoms with van der Waals surface area (Å²) in [5, 5.41) is 0.776. The van der Waals surface area contributed by atoms with E-state index in [4.69, 9.17) is 10.5 Å². The number of nitrogen functional groups attached to an aromatic ring is 1. The van der Waals surface area contributed by atoms with Crippen LogP contribution in [0, 0.1) is 0 Å². The van der Waals surface area contributed by atoms with Crippen molar-refractivity contribution < 1.29 is 4.74 Å². The van der Waals surface area contributed by atoms with Gasteiger partial charge >= 0.3 is 0 Å². The lowest BCUT2D eigenvalue weighted by Crippen LogP contribution is -2.10. The molecule has 0 spiro atoms. The predicted molar refractivity (Wildman–Crippen MR) is 82.3 cm³/mol. The molecule has 2 aromatic rings. The number of aromatic nitrogens is 2. The van der Waals surface area contributed by atoms with E-state index in [-0.39, 0.29) is 11.4 Å². The summed E-state index contributed by atoms with van der Waals surface area (Å²) in [6.45, 7) is 6.60. The van der Waals surface area contributed by atoms with Gasteiger partial charge in [-0.1, -0.05) is 44.7 Å². The molecule has 0 amide bonds. The van der Waals surface area contributed by atoms with Crippen LogP contribution in [0.2, 0.25) is 0 Å². The summed E-state index contributed by atoms with van der Waals surface area (Å²) in [7, 11) is 1.56. The van der Waals surface area contributed by atoms with Crippen molar-refractivity contribution in [2.75, 3.05) is 12.8 Å². The first-order chi connectivity index (χ1) is 9.38. The van der Waals surface area contributed by atoms with E-state index in [1.165, 1.54) is 17.3 Å². The summed E-state index contributed by atoms with van der Waals surface area (Å²) in [5.41, 5.74) is 7.12. The molecule has 20 heavy (non-hydrogen) atoms. The average Bonchev–Trinajstić information content (AvgIpc) is 2.37. The fraction of sp³-hybridized carbons (Fsp3) is 0.333. The van der Waals surface area contributed by atoms with Crippen molar-refractivity contribution in [3.8, 4) is 5.88 Å². The quantitative estimate of drug-likeness (QED) is 0.876. The normalized spacial score (nSPS) is 11.4. The number of methoxy groups -OCH3 is 1. The topological polar surface area (TPSA) is 61.0 Å². The average molecular weight is 289 g/mol. The van der Waals surface area contributed by atoms with Gasteiger partial charge in [0.05, 0.1) is 7.11 Å². The summed E-state index contributed by atoms with van der Waals surface area (Å²) >= 11 is 1.54. The number of ether oxygens (including phenoxy) is 1. The van der Waals surface area contributed by atoms with E-state index in [9.17, 15) is 0 Å². The maximum atomic E-state index is 5.65. The van der Waals surface area contributed by atoms with E-state index in [1.54, 1.807) is 13.2 Å². The molecule has 0 bridgehead atoms. The van der Waals surface area contributed by atoms with Crippen LogP contribution in [-0.4, -0.2) is 17.1 Å². The van der Waals surface area contributed by atoms with E-state index in [0.717, 1.165) is 9.92 Å². The summed E-state index contributed by atoms with van der Waals surface area (Å²) < 4.78 is 5.09. The molecular formula is C15H19N3OS. The van der Waals surface area contributed by atoms with Gasteiger partial charge in [0, 0.05) is 11.0 Å². The molecule has 0 saturated heterocycles. The number of benzene rings is 1. The maximum absolute atomic E-state index is 5.65. The van der Waals surface area contributed by atoms with Gasteiger partial charge in [0.15, 0.2) is 0 Å². The highest BCUT2D eigenvalue weighted by Crippen LogP contribution is 2.30. The minimum atomic E-state index is 0.158. The SMILES string of the molecule is COc1cc(Sc2ccc(C(C)(C)C)cc2)nc(N)n1. The molecule has 0 aliphatic rings. The zero-order valence-electron chi connectivity index (χ0n) is 12.2. The monoisotopic (exact) mass is 289 g/mol. The van der Waals surface area contributed by atoms with Crippen LogP contribution in [0.5, 0.6) is 5.88 Å². The van der Waals surface area contributed by atoms with E-state index in [1.807, 2.05) is 0 Å². The lowest BCUT2D eigenvalue weighted by molar-refractivity contribution is 0.396. The van der Waals surface area contributed by atoms with E-state index >= 15 is 0 Å². The van der Waals surface area contributed by atoms with Crippen molar-refractivity contribution in [1.29, 1.82) is 0 Å². The third-order valence-electron chi connectivity index (χ3n) is 2.85.